The third-order valence-electron chi connectivity index (χ3n) is 2.93. The van der Waals surface area contributed by atoms with Crippen LogP contribution in [0.5, 0.6) is 5.75 Å². The molecule has 0 aliphatic heterocycles. The van der Waals surface area contributed by atoms with Crippen molar-refractivity contribution >= 4 is 0 Å². The molecular formula is C14H26N2O. The molecule has 1 aromatic rings. The predicted octanol–water partition coefficient (Wildman–Crippen LogP) is 3.81. The van der Waals surface area contributed by atoms with Crippen LogP contribution in [0, 0.1) is 0 Å². The lowest BCUT2D eigenvalue weighted by Crippen LogP contribution is -2.25. The van der Waals surface area contributed by atoms with Gasteiger partial charge in [0.25, 0.3) is 0 Å². The van der Waals surface area contributed by atoms with Crippen molar-refractivity contribution in [1.29, 1.82) is 0 Å². The highest BCUT2D eigenvalue weighted by Gasteiger charge is 2.25. The number of unbranched alkanes of at least 4 members (excludes halogenated alkanes) is 1. The van der Waals surface area contributed by atoms with E-state index in [9.17, 15) is 5.11 Å². The van der Waals surface area contributed by atoms with Gasteiger partial charge in [-0.3, -0.25) is 4.68 Å². The summed E-state index contributed by atoms with van der Waals surface area (Å²) in [5, 5.41) is 14.9. The van der Waals surface area contributed by atoms with Crippen LogP contribution < -0.4 is 0 Å². The first-order valence-electron chi connectivity index (χ1n) is 6.60. The second-order valence-electron chi connectivity index (χ2n) is 6.02. The highest BCUT2D eigenvalue weighted by atomic mass is 16.3. The summed E-state index contributed by atoms with van der Waals surface area (Å²) in [6.07, 6.45) is 3.12. The molecule has 0 fully saturated rings. The summed E-state index contributed by atoms with van der Waals surface area (Å²) in [4.78, 5) is 0. The normalized spacial score (nSPS) is 12.4. The van der Waals surface area contributed by atoms with Crippen molar-refractivity contribution in [2.45, 2.75) is 72.3 Å². The van der Waals surface area contributed by atoms with Crippen LogP contribution in [0.3, 0.4) is 0 Å². The fourth-order valence-corrected chi connectivity index (χ4v) is 1.98. The zero-order chi connectivity index (χ0) is 13.2. The molecule has 0 bridgehead atoms. The standard InChI is InChI=1S/C14H26N2O/c1-7-8-9-11-13(17)12(10(2)3)15-16(11)14(4,5)6/h10,17H,7-9H2,1-6H3. The molecule has 1 heterocycles. The molecule has 1 aromatic heterocycles. The lowest BCUT2D eigenvalue weighted by molar-refractivity contribution is 0.336. The average Bonchev–Trinajstić information content (AvgIpc) is 2.52. The lowest BCUT2D eigenvalue weighted by atomic mass is 10.1. The molecule has 98 valence electrons. The van der Waals surface area contributed by atoms with Crippen LogP contribution in [0.1, 0.15) is 71.7 Å². The minimum atomic E-state index is -0.0757. The van der Waals surface area contributed by atoms with Crippen LogP contribution in [-0.4, -0.2) is 14.9 Å². The monoisotopic (exact) mass is 238 g/mol. The van der Waals surface area contributed by atoms with Gasteiger partial charge in [-0.1, -0.05) is 27.2 Å². The van der Waals surface area contributed by atoms with Gasteiger partial charge in [-0.15, -0.1) is 0 Å². The van der Waals surface area contributed by atoms with Gasteiger partial charge < -0.3 is 5.11 Å². The smallest absolute Gasteiger partial charge is 0.160 e. The maximum absolute atomic E-state index is 10.3. The molecule has 1 N–H and O–H groups in total. The average molecular weight is 238 g/mol. The van der Waals surface area contributed by atoms with Gasteiger partial charge in [0.2, 0.25) is 0 Å². The Morgan fingerprint density at radius 1 is 1.29 bits per heavy atom. The molecule has 1 rings (SSSR count). The topological polar surface area (TPSA) is 38.1 Å². The summed E-state index contributed by atoms with van der Waals surface area (Å²) in [7, 11) is 0. The Labute approximate surface area is 105 Å². The molecule has 0 saturated carbocycles. The van der Waals surface area contributed by atoms with Crippen molar-refractivity contribution in [3.05, 3.63) is 11.4 Å². The fourth-order valence-electron chi connectivity index (χ4n) is 1.98. The highest BCUT2D eigenvalue weighted by molar-refractivity contribution is 5.35. The number of rotatable bonds is 4. The van der Waals surface area contributed by atoms with Crippen molar-refractivity contribution in [3.63, 3.8) is 0 Å². The van der Waals surface area contributed by atoms with Crippen LogP contribution in [0.4, 0.5) is 0 Å². The molecule has 17 heavy (non-hydrogen) atoms. The maximum atomic E-state index is 10.3. The van der Waals surface area contributed by atoms with E-state index >= 15 is 0 Å². The first-order valence-corrected chi connectivity index (χ1v) is 6.60. The SMILES string of the molecule is CCCCc1c(O)c(C(C)C)nn1C(C)(C)C. The fraction of sp³-hybridized carbons (Fsp3) is 0.786. The second-order valence-corrected chi connectivity index (χ2v) is 6.02. The summed E-state index contributed by atoms with van der Waals surface area (Å²) in [5.41, 5.74) is 1.74. The Morgan fingerprint density at radius 3 is 2.29 bits per heavy atom. The summed E-state index contributed by atoms with van der Waals surface area (Å²) < 4.78 is 1.99. The van der Waals surface area contributed by atoms with Crippen LogP contribution in [0.2, 0.25) is 0 Å². The van der Waals surface area contributed by atoms with Crippen molar-refractivity contribution < 1.29 is 5.11 Å². The first-order chi connectivity index (χ1) is 7.79. The highest BCUT2D eigenvalue weighted by Crippen LogP contribution is 2.32. The Morgan fingerprint density at radius 2 is 1.88 bits per heavy atom. The van der Waals surface area contributed by atoms with Gasteiger partial charge in [-0.25, -0.2) is 0 Å². The van der Waals surface area contributed by atoms with Gasteiger partial charge in [-0.05, 0) is 33.6 Å². The van der Waals surface area contributed by atoms with E-state index in [2.05, 4.69) is 46.6 Å². The molecule has 0 spiro atoms. The van der Waals surface area contributed by atoms with Crippen LogP contribution in [0.25, 0.3) is 0 Å². The minimum Gasteiger partial charge on any atom is -0.504 e. The molecule has 0 radical (unpaired) electrons. The third kappa shape index (κ3) is 3.02. The van der Waals surface area contributed by atoms with E-state index in [1.54, 1.807) is 0 Å². The van der Waals surface area contributed by atoms with E-state index in [0.717, 1.165) is 30.7 Å². The van der Waals surface area contributed by atoms with E-state index in [0.29, 0.717) is 5.75 Å². The summed E-state index contributed by atoms with van der Waals surface area (Å²) >= 11 is 0. The molecule has 0 aliphatic carbocycles. The van der Waals surface area contributed by atoms with Crippen molar-refractivity contribution in [2.75, 3.05) is 0 Å². The Hall–Kier alpha value is -0.990. The van der Waals surface area contributed by atoms with Crippen LogP contribution in [-0.2, 0) is 12.0 Å². The van der Waals surface area contributed by atoms with Crippen molar-refractivity contribution in [3.8, 4) is 5.75 Å². The quantitative estimate of drug-likeness (QED) is 0.866. The van der Waals surface area contributed by atoms with Gasteiger partial charge in [0.1, 0.15) is 5.69 Å². The van der Waals surface area contributed by atoms with Crippen LogP contribution >= 0.6 is 0 Å². The summed E-state index contributed by atoms with van der Waals surface area (Å²) in [6, 6.07) is 0. The van der Waals surface area contributed by atoms with Crippen molar-refractivity contribution in [2.24, 2.45) is 0 Å². The van der Waals surface area contributed by atoms with E-state index in [1.165, 1.54) is 0 Å². The zero-order valence-electron chi connectivity index (χ0n) is 12.0. The van der Waals surface area contributed by atoms with E-state index in [1.807, 2.05) is 4.68 Å². The zero-order valence-corrected chi connectivity index (χ0v) is 12.0. The van der Waals surface area contributed by atoms with Gasteiger partial charge in [0, 0.05) is 5.92 Å². The molecule has 0 atom stereocenters. The third-order valence-corrected chi connectivity index (χ3v) is 2.93. The number of aromatic nitrogens is 2. The van der Waals surface area contributed by atoms with Gasteiger partial charge >= 0.3 is 0 Å². The van der Waals surface area contributed by atoms with Gasteiger partial charge in [-0.2, -0.15) is 5.10 Å². The molecule has 3 heteroatoms. The molecule has 0 amide bonds. The summed E-state index contributed by atoms with van der Waals surface area (Å²) in [6.45, 7) is 12.7. The molecule has 3 nitrogen and oxygen atoms in total. The molecule has 0 aliphatic rings. The van der Waals surface area contributed by atoms with Crippen LogP contribution in [0.15, 0.2) is 0 Å². The number of hydrogen-bond donors (Lipinski definition) is 1. The minimum absolute atomic E-state index is 0.0757. The lowest BCUT2D eigenvalue weighted by Gasteiger charge is -2.22. The van der Waals surface area contributed by atoms with Crippen molar-refractivity contribution in [1.82, 2.24) is 9.78 Å². The number of aromatic hydroxyl groups is 1. The Kier molecular flexibility index (Phi) is 4.23. The number of nitrogens with zero attached hydrogens (tertiary/aromatic N) is 2. The molecule has 0 unspecified atom stereocenters. The first kappa shape index (κ1) is 14.1. The Balaban J connectivity index is 3.22. The van der Waals surface area contributed by atoms with Gasteiger partial charge in [0.15, 0.2) is 5.75 Å². The largest absolute Gasteiger partial charge is 0.504 e. The molecule has 0 aromatic carbocycles. The summed E-state index contributed by atoms with van der Waals surface area (Å²) in [5.74, 6) is 0.669. The van der Waals surface area contributed by atoms with E-state index in [-0.39, 0.29) is 11.5 Å². The Bertz CT molecular complexity index is 372. The second kappa shape index (κ2) is 5.11. The maximum Gasteiger partial charge on any atom is 0.160 e. The van der Waals surface area contributed by atoms with E-state index in [4.69, 9.17) is 0 Å². The predicted molar refractivity (Wildman–Crippen MR) is 71.6 cm³/mol. The molecular weight excluding hydrogens is 212 g/mol. The number of hydrogen-bond acceptors (Lipinski definition) is 2. The molecule has 0 saturated heterocycles. The van der Waals surface area contributed by atoms with E-state index < -0.39 is 0 Å². The van der Waals surface area contributed by atoms with Gasteiger partial charge in [0.05, 0.1) is 11.2 Å².